The van der Waals surface area contributed by atoms with E-state index in [0.29, 0.717) is 13.2 Å². The van der Waals surface area contributed by atoms with Gasteiger partial charge in [-0.25, -0.2) is 0 Å². The number of ether oxygens (including phenoxy) is 1. The normalized spacial score (nSPS) is 14.2. The Balaban J connectivity index is 1.72. The van der Waals surface area contributed by atoms with Crippen LogP contribution in [0.25, 0.3) is 0 Å². The summed E-state index contributed by atoms with van der Waals surface area (Å²) >= 11 is 0. The van der Waals surface area contributed by atoms with Crippen LogP contribution in [0, 0.1) is 5.92 Å². The summed E-state index contributed by atoms with van der Waals surface area (Å²) in [4.78, 5) is 13.9. The predicted octanol–water partition coefficient (Wildman–Crippen LogP) is 1.57. The zero-order valence-electron chi connectivity index (χ0n) is 12.9. The fourth-order valence-corrected chi connectivity index (χ4v) is 1.93. The molecule has 0 spiro atoms. The van der Waals surface area contributed by atoms with Crippen LogP contribution in [0.15, 0.2) is 24.3 Å². The van der Waals surface area contributed by atoms with Crippen molar-refractivity contribution in [2.24, 2.45) is 5.92 Å². The Bertz CT molecular complexity index is 459. The Kier molecular flexibility index (Phi) is 6.02. The first-order valence-corrected chi connectivity index (χ1v) is 7.51. The molecule has 0 bridgehead atoms. The summed E-state index contributed by atoms with van der Waals surface area (Å²) in [5.41, 5.74) is 0.774. The summed E-state index contributed by atoms with van der Waals surface area (Å²) in [5, 5.41) is 6.06. The molecule has 0 radical (unpaired) electrons. The van der Waals surface area contributed by atoms with E-state index in [1.165, 1.54) is 12.8 Å². The number of carbonyl (C=O) groups is 1. The van der Waals surface area contributed by atoms with Crippen LogP contribution >= 0.6 is 0 Å². The van der Waals surface area contributed by atoms with Crippen LogP contribution in [0.1, 0.15) is 12.8 Å². The van der Waals surface area contributed by atoms with Crippen LogP contribution in [0.2, 0.25) is 0 Å². The third-order valence-electron chi connectivity index (χ3n) is 3.34. The smallest absolute Gasteiger partial charge is 0.238 e. The average Bonchev–Trinajstić information content (AvgIpc) is 3.23. The van der Waals surface area contributed by atoms with E-state index in [1.54, 1.807) is 0 Å². The molecule has 1 fully saturated rings. The van der Waals surface area contributed by atoms with E-state index in [0.717, 1.165) is 30.4 Å². The molecule has 1 aliphatic carbocycles. The molecule has 0 saturated heterocycles. The van der Waals surface area contributed by atoms with Gasteiger partial charge in [0.05, 0.1) is 6.54 Å². The molecule has 0 atom stereocenters. The molecule has 1 saturated carbocycles. The van der Waals surface area contributed by atoms with Gasteiger partial charge in [-0.05, 0) is 51.5 Å². The highest BCUT2D eigenvalue weighted by Gasteiger charge is 2.20. The lowest BCUT2D eigenvalue weighted by Gasteiger charge is -2.12. The van der Waals surface area contributed by atoms with Gasteiger partial charge in [-0.3, -0.25) is 4.79 Å². The van der Waals surface area contributed by atoms with Crippen molar-refractivity contribution in [3.63, 3.8) is 0 Å². The minimum absolute atomic E-state index is 0.0129. The summed E-state index contributed by atoms with van der Waals surface area (Å²) in [6, 6.07) is 7.51. The summed E-state index contributed by atoms with van der Waals surface area (Å²) in [6.45, 7) is 2.80. The molecule has 5 heteroatoms. The van der Waals surface area contributed by atoms with E-state index in [1.807, 2.05) is 38.4 Å². The van der Waals surface area contributed by atoms with Gasteiger partial charge in [-0.1, -0.05) is 6.07 Å². The van der Waals surface area contributed by atoms with E-state index < -0.39 is 0 Å². The van der Waals surface area contributed by atoms with E-state index in [2.05, 4.69) is 15.5 Å². The van der Waals surface area contributed by atoms with Crippen molar-refractivity contribution in [2.75, 3.05) is 45.7 Å². The average molecular weight is 291 g/mol. The molecule has 0 heterocycles. The molecule has 1 amide bonds. The monoisotopic (exact) mass is 291 g/mol. The van der Waals surface area contributed by atoms with Crippen LogP contribution in [0.5, 0.6) is 5.75 Å². The molecule has 21 heavy (non-hydrogen) atoms. The van der Waals surface area contributed by atoms with Crippen LogP contribution in [0.4, 0.5) is 5.69 Å². The van der Waals surface area contributed by atoms with E-state index in [9.17, 15) is 4.79 Å². The van der Waals surface area contributed by atoms with Gasteiger partial charge in [-0.15, -0.1) is 0 Å². The molecule has 0 unspecified atom stereocenters. The Morgan fingerprint density at radius 3 is 2.90 bits per heavy atom. The van der Waals surface area contributed by atoms with Crippen molar-refractivity contribution in [3.05, 3.63) is 24.3 Å². The molecular formula is C16H25N3O2. The summed E-state index contributed by atoms with van der Waals surface area (Å²) in [5.74, 6) is 1.55. The number of hydrogen-bond acceptors (Lipinski definition) is 4. The number of hydrogen-bond donors (Lipinski definition) is 2. The number of carbonyl (C=O) groups excluding carboxylic acids is 1. The van der Waals surface area contributed by atoms with Crippen molar-refractivity contribution in [1.82, 2.24) is 10.2 Å². The van der Waals surface area contributed by atoms with Crippen molar-refractivity contribution >= 4 is 11.6 Å². The van der Waals surface area contributed by atoms with Gasteiger partial charge in [0.15, 0.2) is 0 Å². The van der Waals surface area contributed by atoms with E-state index >= 15 is 0 Å². The Labute approximate surface area is 126 Å². The fraction of sp³-hybridized carbons (Fsp3) is 0.562. The molecule has 0 aromatic heterocycles. The SMILES string of the molecule is CN(C)CCOc1cccc(NC(=O)CNCC2CC2)c1. The molecule has 1 aliphatic rings. The van der Waals surface area contributed by atoms with Crippen LogP contribution in [-0.2, 0) is 4.79 Å². The van der Waals surface area contributed by atoms with Gasteiger partial charge in [-0.2, -0.15) is 0 Å². The minimum atomic E-state index is -0.0129. The highest BCUT2D eigenvalue weighted by atomic mass is 16.5. The Hall–Kier alpha value is -1.59. The minimum Gasteiger partial charge on any atom is -0.492 e. The summed E-state index contributed by atoms with van der Waals surface area (Å²) in [6.07, 6.45) is 2.59. The van der Waals surface area contributed by atoms with Crippen molar-refractivity contribution in [3.8, 4) is 5.75 Å². The van der Waals surface area contributed by atoms with Crippen LogP contribution in [0.3, 0.4) is 0 Å². The number of likely N-dealkylation sites (N-methyl/N-ethyl adjacent to an activating group) is 1. The lowest BCUT2D eigenvalue weighted by atomic mass is 10.3. The zero-order chi connectivity index (χ0) is 15.1. The molecule has 2 rings (SSSR count). The van der Waals surface area contributed by atoms with E-state index in [4.69, 9.17) is 4.74 Å². The Morgan fingerprint density at radius 2 is 2.19 bits per heavy atom. The molecular weight excluding hydrogens is 266 g/mol. The zero-order valence-corrected chi connectivity index (χ0v) is 12.9. The van der Waals surface area contributed by atoms with Gasteiger partial charge in [0.2, 0.25) is 5.91 Å². The Morgan fingerprint density at radius 1 is 1.38 bits per heavy atom. The van der Waals surface area contributed by atoms with Gasteiger partial charge < -0.3 is 20.3 Å². The first-order valence-electron chi connectivity index (χ1n) is 7.51. The number of anilines is 1. The number of rotatable bonds is 9. The first kappa shape index (κ1) is 15.8. The molecule has 116 valence electrons. The lowest BCUT2D eigenvalue weighted by molar-refractivity contribution is -0.115. The van der Waals surface area contributed by atoms with Gasteiger partial charge >= 0.3 is 0 Å². The van der Waals surface area contributed by atoms with Crippen molar-refractivity contribution in [1.29, 1.82) is 0 Å². The third-order valence-corrected chi connectivity index (χ3v) is 3.34. The van der Waals surface area contributed by atoms with E-state index in [-0.39, 0.29) is 5.91 Å². The molecule has 1 aromatic rings. The molecule has 5 nitrogen and oxygen atoms in total. The van der Waals surface area contributed by atoms with Gasteiger partial charge in [0.25, 0.3) is 0 Å². The number of nitrogens with one attached hydrogen (secondary N) is 2. The van der Waals surface area contributed by atoms with Gasteiger partial charge in [0.1, 0.15) is 12.4 Å². The number of nitrogens with zero attached hydrogens (tertiary/aromatic N) is 1. The first-order chi connectivity index (χ1) is 10.1. The highest BCUT2D eigenvalue weighted by Crippen LogP contribution is 2.27. The number of amides is 1. The maximum Gasteiger partial charge on any atom is 0.238 e. The summed E-state index contributed by atoms with van der Waals surface area (Å²) < 4.78 is 5.65. The van der Waals surface area contributed by atoms with Crippen LogP contribution in [-0.4, -0.2) is 51.1 Å². The van der Waals surface area contributed by atoms with Crippen molar-refractivity contribution in [2.45, 2.75) is 12.8 Å². The quantitative estimate of drug-likeness (QED) is 0.725. The molecule has 2 N–H and O–H groups in total. The second-order valence-electron chi connectivity index (χ2n) is 5.80. The second kappa shape index (κ2) is 8.00. The lowest BCUT2D eigenvalue weighted by Crippen LogP contribution is -2.29. The van der Waals surface area contributed by atoms with Gasteiger partial charge in [0, 0.05) is 18.3 Å². The predicted molar refractivity (Wildman–Crippen MR) is 84.7 cm³/mol. The highest BCUT2D eigenvalue weighted by molar-refractivity contribution is 5.92. The standard InChI is InChI=1S/C16H25N3O2/c1-19(2)8-9-21-15-5-3-4-14(10-15)18-16(20)12-17-11-13-6-7-13/h3-5,10,13,17H,6-9,11-12H2,1-2H3,(H,18,20). The summed E-state index contributed by atoms with van der Waals surface area (Å²) in [7, 11) is 4.02. The van der Waals surface area contributed by atoms with Crippen molar-refractivity contribution < 1.29 is 9.53 Å². The molecule has 0 aliphatic heterocycles. The topological polar surface area (TPSA) is 53.6 Å². The largest absolute Gasteiger partial charge is 0.492 e. The van der Waals surface area contributed by atoms with Crippen LogP contribution < -0.4 is 15.4 Å². The maximum absolute atomic E-state index is 11.8. The third kappa shape index (κ3) is 6.60. The fourth-order valence-electron chi connectivity index (χ4n) is 1.93. The second-order valence-corrected chi connectivity index (χ2v) is 5.80. The number of benzene rings is 1. The maximum atomic E-state index is 11.8. The molecule has 1 aromatic carbocycles.